The van der Waals surface area contributed by atoms with Crippen LogP contribution in [0.4, 0.5) is 0 Å². The average Bonchev–Trinajstić information content (AvgIpc) is 3.07. The zero-order valence-corrected chi connectivity index (χ0v) is 12.2. The van der Waals surface area contributed by atoms with E-state index < -0.39 is 0 Å². The highest BCUT2D eigenvalue weighted by molar-refractivity contribution is 6.34. The summed E-state index contributed by atoms with van der Waals surface area (Å²) in [5.74, 6) is 0.246. The zero-order chi connectivity index (χ0) is 14.0. The van der Waals surface area contributed by atoms with E-state index in [1.54, 1.807) is 6.07 Å². The van der Waals surface area contributed by atoms with E-state index >= 15 is 0 Å². The molecule has 0 bridgehead atoms. The third kappa shape index (κ3) is 3.85. The Bertz CT molecular complexity index is 458. The molecule has 0 radical (unpaired) electrons. The van der Waals surface area contributed by atoms with Gasteiger partial charge in [0.05, 0.1) is 0 Å². The fourth-order valence-corrected chi connectivity index (χ4v) is 2.80. The molecule has 1 fully saturated rings. The average molecular weight is 302 g/mol. The Labute approximate surface area is 122 Å². The van der Waals surface area contributed by atoms with Crippen molar-refractivity contribution in [3.05, 3.63) is 33.8 Å². The molecule has 0 saturated heterocycles. The van der Waals surface area contributed by atoms with Crippen LogP contribution in [-0.4, -0.2) is 23.7 Å². The monoisotopic (exact) mass is 301 g/mol. The van der Waals surface area contributed by atoms with E-state index in [0.29, 0.717) is 16.5 Å². The van der Waals surface area contributed by atoms with Crippen molar-refractivity contribution in [2.24, 2.45) is 5.92 Å². The van der Waals surface area contributed by atoms with Gasteiger partial charge in [-0.05, 0) is 49.4 Å². The topological polar surface area (TPSA) is 49.3 Å². The van der Waals surface area contributed by atoms with Crippen LogP contribution >= 0.6 is 23.2 Å². The summed E-state index contributed by atoms with van der Waals surface area (Å²) in [6.45, 7) is 1.97. The maximum atomic E-state index is 12.0. The smallest absolute Gasteiger partial charge is 0.223 e. The van der Waals surface area contributed by atoms with Crippen LogP contribution in [-0.2, 0) is 4.79 Å². The molecule has 1 aromatic carbocycles. The van der Waals surface area contributed by atoms with Gasteiger partial charge in [0.2, 0.25) is 5.91 Å². The molecule has 0 heterocycles. The van der Waals surface area contributed by atoms with Crippen molar-refractivity contribution in [1.82, 2.24) is 5.32 Å². The first-order valence-electron chi connectivity index (χ1n) is 6.38. The van der Waals surface area contributed by atoms with Crippen molar-refractivity contribution >= 4 is 29.1 Å². The highest BCUT2D eigenvalue weighted by Crippen LogP contribution is 2.48. The number of nitrogens with one attached hydrogen (secondary N) is 1. The molecule has 3 unspecified atom stereocenters. The molecule has 0 spiro atoms. The van der Waals surface area contributed by atoms with Gasteiger partial charge >= 0.3 is 0 Å². The van der Waals surface area contributed by atoms with E-state index in [-0.39, 0.29) is 30.4 Å². The second kappa shape index (κ2) is 6.12. The number of aliphatic hydroxyl groups is 1. The predicted molar refractivity (Wildman–Crippen MR) is 76.6 cm³/mol. The summed E-state index contributed by atoms with van der Waals surface area (Å²) >= 11 is 11.9. The Balaban J connectivity index is 1.94. The highest BCUT2D eigenvalue weighted by Gasteiger charge is 2.44. The van der Waals surface area contributed by atoms with E-state index in [1.807, 2.05) is 19.1 Å². The van der Waals surface area contributed by atoms with E-state index in [1.165, 1.54) is 0 Å². The third-order valence-electron chi connectivity index (χ3n) is 3.39. The molecule has 1 aliphatic carbocycles. The van der Waals surface area contributed by atoms with Crippen LogP contribution in [0.2, 0.25) is 10.0 Å². The van der Waals surface area contributed by atoms with Gasteiger partial charge in [-0.25, -0.2) is 0 Å². The normalized spacial score (nSPS) is 22.9. The summed E-state index contributed by atoms with van der Waals surface area (Å²) < 4.78 is 0. The Morgan fingerprint density at radius 1 is 1.42 bits per heavy atom. The standard InChI is InChI=1S/C14H17Cl2NO2/c1-8(2-3-18)17-14(19)13-7-12(13)9-4-10(15)6-11(16)5-9/h4-6,8,12-13,18H,2-3,7H2,1H3,(H,17,19). The maximum Gasteiger partial charge on any atom is 0.223 e. The van der Waals surface area contributed by atoms with Gasteiger partial charge in [0, 0.05) is 28.6 Å². The minimum absolute atomic E-state index is 0.00157. The lowest BCUT2D eigenvalue weighted by Gasteiger charge is -2.12. The quantitative estimate of drug-likeness (QED) is 0.878. The molecule has 2 N–H and O–H groups in total. The summed E-state index contributed by atoms with van der Waals surface area (Å²) in [6.07, 6.45) is 1.40. The summed E-state index contributed by atoms with van der Waals surface area (Å²) in [6, 6.07) is 5.42. The van der Waals surface area contributed by atoms with Gasteiger partial charge in [-0.1, -0.05) is 23.2 Å². The molecule has 5 heteroatoms. The van der Waals surface area contributed by atoms with Crippen molar-refractivity contribution < 1.29 is 9.90 Å². The number of carbonyl (C=O) groups excluding carboxylic acids is 1. The van der Waals surface area contributed by atoms with Gasteiger partial charge in [0.1, 0.15) is 0 Å². The van der Waals surface area contributed by atoms with Gasteiger partial charge in [0.15, 0.2) is 0 Å². The van der Waals surface area contributed by atoms with Gasteiger partial charge in [-0.15, -0.1) is 0 Å². The van der Waals surface area contributed by atoms with Crippen molar-refractivity contribution in [3.63, 3.8) is 0 Å². The van der Waals surface area contributed by atoms with Crippen LogP contribution in [0.1, 0.15) is 31.2 Å². The first-order chi connectivity index (χ1) is 9.01. The minimum atomic E-state index is -0.00400. The highest BCUT2D eigenvalue weighted by atomic mass is 35.5. The molecule has 3 atom stereocenters. The Kier molecular flexibility index (Phi) is 4.71. The molecule has 1 aromatic rings. The van der Waals surface area contributed by atoms with E-state index in [4.69, 9.17) is 28.3 Å². The minimum Gasteiger partial charge on any atom is -0.396 e. The number of carbonyl (C=O) groups is 1. The third-order valence-corrected chi connectivity index (χ3v) is 3.83. The molecule has 1 saturated carbocycles. The van der Waals surface area contributed by atoms with Crippen molar-refractivity contribution in [2.45, 2.75) is 31.7 Å². The SMILES string of the molecule is CC(CCO)NC(=O)C1CC1c1cc(Cl)cc(Cl)c1. The van der Waals surface area contributed by atoms with Gasteiger partial charge in [-0.3, -0.25) is 4.79 Å². The van der Waals surface area contributed by atoms with Crippen LogP contribution in [0.15, 0.2) is 18.2 Å². The Morgan fingerprint density at radius 3 is 2.63 bits per heavy atom. The number of benzene rings is 1. The first-order valence-corrected chi connectivity index (χ1v) is 7.14. The maximum absolute atomic E-state index is 12.0. The summed E-state index contributed by atoms with van der Waals surface area (Å²) in [7, 11) is 0. The number of aliphatic hydroxyl groups excluding tert-OH is 1. The molecule has 19 heavy (non-hydrogen) atoms. The first kappa shape index (κ1) is 14.6. The second-order valence-electron chi connectivity index (χ2n) is 5.07. The largest absolute Gasteiger partial charge is 0.396 e. The lowest BCUT2D eigenvalue weighted by molar-refractivity contribution is -0.123. The van der Waals surface area contributed by atoms with Crippen LogP contribution in [0.25, 0.3) is 0 Å². The second-order valence-corrected chi connectivity index (χ2v) is 5.95. The Hall–Kier alpha value is -0.770. The number of hydrogen-bond donors (Lipinski definition) is 2. The molecule has 1 aliphatic rings. The summed E-state index contributed by atoms with van der Waals surface area (Å²) in [5, 5.41) is 12.9. The molecule has 104 valence electrons. The van der Waals surface area contributed by atoms with E-state index in [0.717, 1.165) is 12.0 Å². The van der Waals surface area contributed by atoms with Crippen molar-refractivity contribution in [1.29, 1.82) is 0 Å². The van der Waals surface area contributed by atoms with Crippen LogP contribution in [0, 0.1) is 5.92 Å². The van der Waals surface area contributed by atoms with Gasteiger partial charge in [-0.2, -0.15) is 0 Å². The van der Waals surface area contributed by atoms with Crippen molar-refractivity contribution in [3.8, 4) is 0 Å². The molecule has 2 rings (SSSR count). The van der Waals surface area contributed by atoms with E-state index in [9.17, 15) is 4.79 Å². The predicted octanol–water partition coefficient (Wildman–Crippen LogP) is 2.98. The summed E-state index contributed by atoms with van der Waals surface area (Å²) in [5.41, 5.74) is 1.02. The van der Waals surface area contributed by atoms with Crippen molar-refractivity contribution in [2.75, 3.05) is 6.61 Å². The lowest BCUT2D eigenvalue weighted by atomic mass is 10.1. The van der Waals surface area contributed by atoms with Crippen LogP contribution in [0.3, 0.4) is 0 Å². The molecular weight excluding hydrogens is 285 g/mol. The molecule has 0 aromatic heterocycles. The molecular formula is C14H17Cl2NO2. The fraction of sp³-hybridized carbons (Fsp3) is 0.500. The Morgan fingerprint density at radius 2 is 2.05 bits per heavy atom. The number of rotatable bonds is 5. The number of halogens is 2. The number of hydrogen-bond acceptors (Lipinski definition) is 2. The molecule has 1 amide bonds. The van der Waals surface area contributed by atoms with E-state index in [2.05, 4.69) is 5.32 Å². The summed E-state index contributed by atoms with van der Waals surface area (Å²) in [4.78, 5) is 12.0. The number of amides is 1. The zero-order valence-electron chi connectivity index (χ0n) is 10.7. The van der Waals surface area contributed by atoms with Gasteiger partial charge < -0.3 is 10.4 Å². The van der Waals surface area contributed by atoms with Crippen LogP contribution < -0.4 is 5.32 Å². The van der Waals surface area contributed by atoms with Gasteiger partial charge in [0.25, 0.3) is 0 Å². The molecule has 3 nitrogen and oxygen atoms in total. The molecule has 0 aliphatic heterocycles. The lowest BCUT2D eigenvalue weighted by Crippen LogP contribution is -2.34. The fourth-order valence-electron chi connectivity index (χ4n) is 2.26. The van der Waals surface area contributed by atoms with Crippen LogP contribution in [0.5, 0.6) is 0 Å².